The van der Waals surface area contributed by atoms with Crippen LogP contribution in [0.4, 0.5) is 0 Å². The molecule has 24 heavy (non-hydrogen) atoms. The average Bonchev–Trinajstić information content (AvgIpc) is 2.57. The van der Waals surface area contributed by atoms with Crippen molar-refractivity contribution in [3.63, 3.8) is 0 Å². The number of hydrogen-bond donors (Lipinski definition) is 2. The molecule has 0 aromatic heterocycles. The van der Waals surface area contributed by atoms with Gasteiger partial charge in [-0.05, 0) is 47.1 Å². The molecule has 5 nitrogen and oxygen atoms in total. The number of fused-ring (bicyclic) bond motifs is 1. The molecule has 2 N–H and O–H groups in total. The molecule has 3 rings (SSSR count). The second-order valence-corrected chi connectivity index (χ2v) is 5.75. The lowest BCUT2D eigenvalue weighted by atomic mass is 9.95. The Morgan fingerprint density at radius 3 is 2.33 bits per heavy atom. The first-order valence-electron chi connectivity index (χ1n) is 7.52. The van der Waals surface area contributed by atoms with Gasteiger partial charge >= 0.3 is 0 Å². The molecular weight excluding hydrogens is 324 g/mol. The Hall–Kier alpha value is -2.73. The minimum absolute atomic E-state index is 0.00342. The zero-order valence-electron chi connectivity index (χ0n) is 13.3. The highest BCUT2D eigenvalue weighted by atomic mass is 32.1. The van der Waals surface area contributed by atoms with E-state index < -0.39 is 11.8 Å². The molecule has 0 radical (unpaired) electrons. The van der Waals surface area contributed by atoms with Crippen LogP contribution in [-0.4, -0.2) is 24.0 Å². The highest BCUT2D eigenvalue weighted by Crippen LogP contribution is 2.33. The molecule has 0 atom stereocenters. The van der Waals surface area contributed by atoms with Crippen molar-refractivity contribution in [2.45, 2.75) is 13.3 Å². The van der Waals surface area contributed by atoms with Gasteiger partial charge in [0.05, 0.1) is 7.11 Å². The van der Waals surface area contributed by atoms with Crippen molar-refractivity contribution >= 4 is 46.0 Å². The van der Waals surface area contributed by atoms with Crippen LogP contribution in [0.15, 0.2) is 35.9 Å². The molecule has 2 aromatic carbocycles. The molecular formula is C18H16N2O3S. The molecule has 1 aliphatic rings. The Kier molecular flexibility index (Phi) is 4.31. The number of nitrogens with one attached hydrogen (secondary N) is 2. The Bertz CT molecular complexity index is 881. The summed E-state index contributed by atoms with van der Waals surface area (Å²) < 4.78 is 5.50. The van der Waals surface area contributed by atoms with Gasteiger partial charge in [0.25, 0.3) is 11.8 Å². The van der Waals surface area contributed by atoms with Crippen molar-refractivity contribution in [2.75, 3.05) is 7.11 Å². The van der Waals surface area contributed by atoms with Gasteiger partial charge in [-0.15, -0.1) is 0 Å². The number of benzene rings is 2. The minimum Gasteiger partial charge on any atom is -0.496 e. The highest BCUT2D eigenvalue weighted by Gasteiger charge is 2.26. The Morgan fingerprint density at radius 2 is 1.75 bits per heavy atom. The van der Waals surface area contributed by atoms with Gasteiger partial charge in [-0.25, -0.2) is 0 Å². The number of carbonyl (C=O) groups is 2. The fraction of sp³-hybridized carbons (Fsp3) is 0.167. The number of thiocarbonyl (C=S) groups is 1. The molecule has 0 aliphatic carbocycles. The standard InChI is InChI=1S/C18H16N2O3S/c1-3-10-8-15(23-2)13(12-7-5-4-6-11(10)12)9-14-16(21)19-18(24)20-17(14)22/h4-9H,3H2,1-2H3,(H2,19,20,21,22,24). The number of methoxy groups -OCH3 is 1. The molecule has 0 bridgehead atoms. The normalized spacial score (nSPS) is 14.4. The molecule has 1 fully saturated rings. The van der Waals surface area contributed by atoms with Crippen molar-refractivity contribution in [3.8, 4) is 5.75 Å². The number of hydrogen-bond acceptors (Lipinski definition) is 4. The van der Waals surface area contributed by atoms with E-state index in [0.29, 0.717) is 11.3 Å². The summed E-state index contributed by atoms with van der Waals surface area (Å²) in [5, 5.41) is 6.89. The van der Waals surface area contributed by atoms with Crippen molar-refractivity contribution in [1.29, 1.82) is 0 Å². The molecule has 1 aliphatic heterocycles. The summed E-state index contributed by atoms with van der Waals surface area (Å²) in [6.45, 7) is 2.07. The summed E-state index contributed by atoms with van der Waals surface area (Å²) in [4.78, 5) is 24.2. The van der Waals surface area contributed by atoms with Gasteiger partial charge in [0.1, 0.15) is 11.3 Å². The molecule has 0 saturated carbocycles. The van der Waals surface area contributed by atoms with Crippen molar-refractivity contribution in [1.82, 2.24) is 10.6 Å². The molecule has 6 heteroatoms. The van der Waals surface area contributed by atoms with Gasteiger partial charge in [0.2, 0.25) is 0 Å². The third-order valence-corrected chi connectivity index (χ3v) is 4.17. The molecule has 122 valence electrons. The van der Waals surface area contributed by atoms with Crippen LogP contribution in [-0.2, 0) is 16.0 Å². The molecule has 1 heterocycles. The SMILES string of the molecule is CCc1cc(OC)c(C=C2C(=O)NC(=S)NC2=O)c2ccccc12. The van der Waals surface area contributed by atoms with E-state index in [-0.39, 0.29) is 10.7 Å². The van der Waals surface area contributed by atoms with Gasteiger partial charge in [0.15, 0.2) is 5.11 Å². The first kappa shape index (κ1) is 16.1. The van der Waals surface area contributed by atoms with Crippen molar-refractivity contribution in [2.24, 2.45) is 0 Å². The van der Waals surface area contributed by atoms with Crippen LogP contribution >= 0.6 is 12.2 Å². The largest absolute Gasteiger partial charge is 0.496 e. The lowest BCUT2D eigenvalue weighted by Gasteiger charge is -2.18. The zero-order chi connectivity index (χ0) is 17.3. The monoisotopic (exact) mass is 340 g/mol. The maximum Gasteiger partial charge on any atom is 0.263 e. The van der Waals surface area contributed by atoms with Crippen molar-refractivity contribution in [3.05, 3.63) is 47.0 Å². The summed E-state index contributed by atoms with van der Waals surface area (Å²) in [6.07, 6.45) is 2.40. The number of aryl methyl sites for hydroxylation is 1. The van der Waals surface area contributed by atoms with Crippen molar-refractivity contribution < 1.29 is 14.3 Å². The third kappa shape index (κ3) is 2.76. The minimum atomic E-state index is -0.519. The van der Waals surface area contributed by atoms with Gasteiger partial charge < -0.3 is 4.74 Å². The average molecular weight is 340 g/mol. The van der Waals surface area contributed by atoms with Crippen LogP contribution in [0.2, 0.25) is 0 Å². The van der Waals surface area contributed by atoms with E-state index in [1.165, 1.54) is 0 Å². The fourth-order valence-electron chi connectivity index (χ4n) is 2.81. The van der Waals surface area contributed by atoms with Crippen LogP contribution < -0.4 is 15.4 Å². The summed E-state index contributed by atoms with van der Waals surface area (Å²) in [5.41, 5.74) is 1.83. The second-order valence-electron chi connectivity index (χ2n) is 5.35. The lowest BCUT2D eigenvalue weighted by molar-refractivity contribution is -0.123. The Morgan fingerprint density at radius 1 is 1.12 bits per heavy atom. The predicted molar refractivity (Wildman–Crippen MR) is 96.7 cm³/mol. The second kappa shape index (κ2) is 6.41. The topological polar surface area (TPSA) is 67.4 Å². The van der Waals surface area contributed by atoms with Gasteiger partial charge in [0, 0.05) is 5.56 Å². The number of ether oxygens (including phenoxy) is 1. The van der Waals surface area contributed by atoms with Gasteiger partial charge in [-0.1, -0.05) is 31.2 Å². The molecule has 0 unspecified atom stereocenters. The van der Waals surface area contributed by atoms with Gasteiger partial charge in [-0.2, -0.15) is 0 Å². The van der Waals surface area contributed by atoms with E-state index in [9.17, 15) is 9.59 Å². The molecule has 0 spiro atoms. The van der Waals surface area contributed by atoms with Crippen LogP contribution in [0.5, 0.6) is 5.75 Å². The summed E-state index contributed by atoms with van der Waals surface area (Å²) in [7, 11) is 1.57. The zero-order valence-corrected chi connectivity index (χ0v) is 14.1. The van der Waals surface area contributed by atoms with E-state index in [0.717, 1.165) is 22.8 Å². The van der Waals surface area contributed by atoms with Crippen LogP contribution in [0.1, 0.15) is 18.1 Å². The molecule has 2 amide bonds. The first-order valence-corrected chi connectivity index (χ1v) is 7.93. The number of carbonyl (C=O) groups excluding carboxylic acids is 2. The lowest BCUT2D eigenvalue weighted by Crippen LogP contribution is -2.51. The van der Waals surface area contributed by atoms with E-state index in [2.05, 4.69) is 17.6 Å². The quantitative estimate of drug-likeness (QED) is 0.511. The molecule has 2 aromatic rings. The Balaban J connectivity index is 2.26. The van der Waals surface area contributed by atoms with E-state index >= 15 is 0 Å². The van der Waals surface area contributed by atoms with Gasteiger partial charge in [-0.3, -0.25) is 20.2 Å². The van der Waals surface area contributed by atoms with E-state index in [1.54, 1.807) is 13.2 Å². The summed E-state index contributed by atoms with van der Waals surface area (Å²) in [6, 6.07) is 9.79. The maximum absolute atomic E-state index is 12.1. The molecule has 1 saturated heterocycles. The van der Waals surface area contributed by atoms with Crippen LogP contribution in [0, 0.1) is 0 Å². The number of rotatable bonds is 3. The predicted octanol–water partition coefficient (Wildman–Crippen LogP) is 2.33. The third-order valence-electron chi connectivity index (χ3n) is 3.97. The smallest absolute Gasteiger partial charge is 0.263 e. The maximum atomic E-state index is 12.1. The number of amides is 2. The first-order chi connectivity index (χ1) is 11.5. The van der Waals surface area contributed by atoms with Crippen LogP contribution in [0.25, 0.3) is 16.8 Å². The summed E-state index contributed by atoms with van der Waals surface area (Å²) >= 11 is 4.82. The Labute approximate surface area is 144 Å². The van der Waals surface area contributed by atoms with E-state index in [1.807, 2.05) is 30.3 Å². The highest BCUT2D eigenvalue weighted by molar-refractivity contribution is 7.80. The van der Waals surface area contributed by atoms with E-state index in [4.69, 9.17) is 17.0 Å². The fourth-order valence-corrected chi connectivity index (χ4v) is 2.99. The van der Waals surface area contributed by atoms with Crippen LogP contribution in [0.3, 0.4) is 0 Å². The summed E-state index contributed by atoms with van der Waals surface area (Å²) in [5.74, 6) is -0.421.